The number of amides is 1. The van der Waals surface area contributed by atoms with E-state index in [0.29, 0.717) is 46.6 Å². The maximum absolute atomic E-state index is 14.8. The minimum atomic E-state index is -4.42. The molecule has 0 saturated heterocycles. The molecule has 4 aromatic rings. The van der Waals surface area contributed by atoms with Crippen LogP contribution in [0, 0.1) is 5.82 Å². The van der Waals surface area contributed by atoms with Crippen LogP contribution in [-0.2, 0) is 17.4 Å². The number of nitrogens with zero attached hydrogens (tertiary/aromatic N) is 1. The Morgan fingerprint density at radius 3 is 2.39 bits per heavy atom. The van der Waals surface area contributed by atoms with Crippen LogP contribution in [0.1, 0.15) is 24.0 Å². The zero-order chi connectivity index (χ0) is 27.3. The molecule has 0 unspecified atom stereocenters. The number of halogens is 4. The predicted octanol–water partition coefficient (Wildman–Crippen LogP) is 7.16. The quantitative estimate of drug-likeness (QED) is 0.233. The van der Waals surface area contributed by atoms with Gasteiger partial charge in [-0.2, -0.15) is 13.2 Å². The molecule has 3 aromatic carbocycles. The molecule has 0 aliphatic heterocycles. The van der Waals surface area contributed by atoms with Crippen molar-refractivity contribution in [1.82, 2.24) is 4.98 Å². The monoisotopic (exact) mass is 528 g/mol. The minimum absolute atomic E-state index is 0.0599. The second-order valence-corrected chi connectivity index (χ2v) is 8.38. The van der Waals surface area contributed by atoms with Crippen LogP contribution < -0.4 is 19.5 Å². The molecular weight excluding hydrogens is 504 g/mol. The SMILES string of the molecule is COc1cc2nccc(Oc3ccc(NC(=O)CCCc4cccc(C(F)(F)F)c4)cc3F)c2cc1OC. The Labute approximate surface area is 216 Å². The van der Waals surface area contributed by atoms with Gasteiger partial charge >= 0.3 is 6.18 Å². The molecule has 6 nitrogen and oxygen atoms in total. The Balaban J connectivity index is 1.39. The summed E-state index contributed by atoms with van der Waals surface area (Å²) >= 11 is 0. The summed E-state index contributed by atoms with van der Waals surface area (Å²) in [5, 5.41) is 3.18. The zero-order valence-electron chi connectivity index (χ0n) is 20.6. The average Bonchev–Trinajstić information content (AvgIpc) is 2.89. The number of carbonyl (C=O) groups is 1. The number of nitrogens with one attached hydrogen (secondary N) is 1. The van der Waals surface area contributed by atoms with Crippen molar-refractivity contribution in [1.29, 1.82) is 0 Å². The normalized spacial score (nSPS) is 11.3. The lowest BCUT2D eigenvalue weighted by atomic mass is 10.0. The van der Waals surface area contributed by atoms with E-state index >= 15 is 0 Å². The number of rotatable bonds is 9. The van der Waals surface area contributed by atoms with E-state index < -0.39 is 17.6 Å². The van der Waals surface area contributed by atoms with Gasteiger partial charge in [0.15, 0.2) is 23.1 Å². The Morgan fingerprint density at radius 2 is 1.68 bits per heavy atom. The molecule has 0 fully saturated rings. The number of anilines is 1. The molecule has 1 aromatic heterocycles. The van der Waals surface area contributed by atoms with Crippen molar-refractivity contribution in [2.24, 2.45) is 0 Å². The average molecular weight is 529 g/mol. The third-order valence-corrected chi connectivity index (χ3v) is 5.77. The van der Waals surface area contributed by atoms with Gasteiger partial charge in [-0.1, -0.05) is 18.2 Å². The molecule has 0 bridgehead atoms. The second-order valence-electron chi connectivity index (χ2n) is 8.38. The molecule has 10 heteroatoms. The lowest BCUT2D eigenvalue weighted by Gasteiger charge is -2.13. The molecule has 0 atom stereocenters. The molecule has 0 aliphatic carbocycles. The van der Waals surface area contributed by atoms with Crippen LogP contribution in [0.4, 0.5) is 23.2 Å². The smallest absolute Gasteiger partial charge is 0.416 e. The first-order valence-electron chi connectivity index (χ1n) is 11.6. The van der Waals surface area contributed by atoms with Gasteiger partial charge in [-0.05, 0) is 48.7 Å². The fourth-order valence-electron chi connectivity index (χ4n) is 3.90. The van der Waals surface area contributed by atoms with E-state index in [0.717, 1.165) is 18.2 Å². The fraction of sp³-hybridized carbons (Fsp3) is 0.214. The summed E-state index contributed by atoms with van der Waals surface area (Å²) in [5.41, 5.74) is 0.551. The molecule has 0 spiro atoms. The number of methoxy groups -OCH3 is 2. The van der Waals surface area contributed by atoms with Crippen molar-refractivity contribution in [3.05, 3.63) is 83.8 Å². The number of aryl methyl sites for hydroxylation is 1. The van der Waals surface area contributed by atoms with Gasteiger partial charge in [-0.3, -0.25) is 9.78 Å². The van der Waals surface area contributed by atoms with E-state index in [-0.39, 0.29) is 23.8 Å². The van der Waals surface area contributed by atoms with E-state index in [4.69, 9.17) is 14.2 Å². The highest BCUT2D eigenvalue weighted by atomic mass is 19.4. The molecular formula is C28H24F4N2O4. The molecule has 198 valence electrons. The Morgan fingerprint density at radius 1 is 0.921 bits per heavy atom. The first-order chi connectivity index (χ1) is 18.2. The van der Waals surface area contributed by atoms with Gasteiger partial charge in [-0.15, -0.1) is 0 Å². The first-order valence-corrected chi connectivity index (χ1v) is 11.6. The summed E-state index contributed by atoms with van der Waals surface area (Å²) in [6, 6.07) is 14.0. The van der Waals surface area contributed by atoms with Crippen LogP contribution in [0.5, 0.6) is 23.0 Å². The first kappa shape index (κ1) is 26.7. The van der Waals surface area contributed by atoms with E-state index in [1.165, 1.54) is 38.6 Å². The number of fused-ring (bicyclic) bond motifs is 1. The highest BCUT2D eigenvalue weighted by molar-refractivity contribution is 5.91. The summed E-state index contributed by atoms with van der Waals surface area (Å²) in [6.07, 6.45) is -2.20. The Kier molecular flexibility index (Phi) is 7.99. The largest absolute Gasteiger partial charge is 0.493 e. The van der Waals surface area contributed by atoms with Crippen LogP contribution in [0.25, 0.3) is 10.9 Å². The number of ether oxygens (including phenoxy) is 3. The maximum Gasteiger partial charge on any atom is 0.416 e. The summed E-state index contributed by atoms with van der Waals surface area (Å²) in [5.74, 6) is 0.162. The molecule has 1 amide bonds. The Hall–Kier alpha value is -4.34. The van der Waals surface area contributed by atoms with Crippen LogP contribution in [0.2, 0.25) is 0 Å². The van der Waals surface area contributed by atoms with Gasteiger partial charge in [0.25, 0.3) is 0 Å². The van der Waals surface area contributed by atoms with Crippen LogP contribution in [0.15, 0.2) is 66.9 Å². The third kappa shape index (κ3) is 6.31. The van der Waals surface area contributed by atoms with Gasteiger partial charge < -0.3 is 19.5 Å². The van der Waals surface area contributed by atoms with Crippen LogP contribution in [0.3, 0.4) is 0 Å². The van der Waals surface area contributed by atoms with E-state index in [1.54, 1.807) is 24.3 Å². The number of alkyl halides is 3. The topological polar surface area (TPSA) is 69.7 Å². The summed E-state index contributed by atoms with van der Waals surface area (Å²) in [4.78, 5) is 16.6. The van der Waals surface area contributed by atoms with Crippen molar-refractivity contribution in [3.63, 3.8) is 0 Å². The zero-order valence-corrected chi connectivity index (χ0v) is 20.6. The molecule has 1 N–H and O–H groups in total. The standard InChI is InChI=1S/C28H24F4N2O4/c1-36-25-15-20-22(16-26(25)37-2)33-12-11-23(20)38-24-10-9-19(14-21(24)29)34-27(35)8-4-6-17-5-3-7-18(13-17)28(30,31)32/h3,5,7,9-16H,4,6,8H2,1-2H3,(H,34,35). The number of carbonyl (C=O) groups excluding carboxylic acids is 1. The van der Waals surface area contributed by atoms with Gasteiger partial charge in [0.05, 0.1) is 25.3 Å². The highest BCUT2D eigenvalue weighted by Gasteiger charge is 2.30. The summed E-state index contributed by atoms with van der Waals surface area (Å²) in [7, 11) is 3.01. The third-order valence-electron chi connectivity index (χ3n) is 5.77. The highest BCUT2D eigenvalue weighted by Crippen LogP contribution is 2.37. The number of aromatic nitrogens is 1. The lowest BCUT2D eigenvalue weighted by molar-refractivity contribution is -0.137. The van der Waals surface area contributed by atoms with Crippen LogP contribution >= 0.6 is 0 Å². The van der Waals surface area contributed by atoms with Crippen molar-refractivity contribution < 1.29 is 36.6 Å². The molecule has 1 heterocycles. The van der Waals surface area contributed by atoms with Crippen molar-refractivity contribution in [2.45, 2.75) is 25.4 Å². The number of hydrogen-bond donors (Lipinski definition) is 1. The van der Waals surface area contributed by atoms with Crippen molar-refractivity contribution >= 4 is 22.5 Å². The summed E-state index contributed by atoms with van der Waals surface area (Å²) in [6.45, 7) is 0. The Bertz CT molecular complexity index is 1460. The summed E-state index contributed by atoms with van der Waals surface area (Å²) < 4.78 is 69.8. The minimum Gasteiger partial charge on any atom is -0.493 e. The lowest BCUT2D eigenvalue weighted by Crippen LogP contribution is -2.12. The van der Waals surface area contributed by atoms with Crippen LogP contribution in [-0.4, -0.2) is 25.1 Å². The maximum atomic E-state index is 14.8. The number of hydrogen-bond acceptors (Lipinski definition) is 5. The van der Waals surface area contributed by atoms with Gasteiger partial charge in [0.1, 0.15) is 5.75 Å². The van der Waals surface area contributed by atoms with Crippen molar-refractivity contribution in [2.75, 3.05) is 19.5 Å². The van der Waals surface area contributed by atoms with E-state index in [1.807, 2.05) is 0 Å². The molecule has 0 saturated carbocycles. The molecule has 4 rings (SSSR count). The fourth-order valence-corrected chi connectivity index (χ4v) is 3.90. The number of benzene rings is 3. The predicted molar refractivity (Wildman–Crippen MR) is 134 cm³/mol. The molecule has 0 aliphatic rings. The second kappa shape index (κ2) is 11.4. The van der Waals surface area contributed by atoms with Gasteiger partial charge in [-0.25, -0.2) is 4.39 Å². The molecule has 38 heavy (non-hydrogen) atoms. The van der Waals surface area contributed by atoms with Gasteiger partial charge in [0.2, 0.25) is 5.91 Å². The number of pyridine rings is 1. The van der Waals surface area contributed by atoms with E-state index in [9.17, 15) is 22.4 Å². The van der Waals surface area contributed by atoms with Crippen molar-refractivity contribution in [3.8, 4) is 23.0 Å². The van der Waals surface area contributed by atoms with Gasteiger partial charge in [0, 0.05) is 35.8 Å². The van der Waals surface area contributed by atoms with E-state index in [2.05, 4.69) is 10.3 Å². The molecule has 0 radical (unpaired) electrons.